The van der Waals surface area contributed by atoms with E-state index in [2.05, 4.69) is 34.2 Å². The molecule has 1 heterocycles. The molecule has 0 fully saturated rings. The van der Waals surface area contributed by atoms with Gasteiger partial charge in [0.15, 0.2) is 11.5 Å². The van der Waals surface area contributed by atoms with Gasteiger partial charge in [-0.15, -0.1) is 11.3 Å². The van der Waals surface area contributed by atoms with Crippen LogP contribution < -0.4 is 14.8 Å². The minimum absolute atomic E-state index is 0.275. The van der Waals surface area contributed by atoms with Gasteiger partial charge in [-0.25, -0.2) is 0 Å². The highest BCUT2D eigenvalue weighted by molar-refractivity contribution is 9.10. The number of rotatable bonds is 7. The summed E-state index contributed by atoms with van der Waals surface area (Å²) in [4.78, 5) is 13.8. The van der Waals surface area contributed by atoms with Gasteiger partial charge in [0.1, 0.15) is 17.7 Å². The average Bonchev–Trinajstić information content (AvgIpc) is 3.18. The van der Waals surface area contributed by atoms with Gasteiger partial charge in [-0.2, -0.15) is 5.26 Å². The second-order valence-electron chi connectivity index (χ2n) is 8.30. The third kappa shape index (κ3) is 5.52. The zero-order valence-corrected chi connectivity index (χ0v) is 21.5. The van der Waals surface area contributed by atoms with E-state index in [9.17, 15) is 10.1 Å². The number of carbonyl (C=O) groups excluding carboxylic acids is 1. The number of thiophene rings is 1. The summed E-state index contributed by atoms with van der Waals surface area (Å²) in [6, 6.07) is 15.9. The SMILES string of the molecule is COc1cc(/C=C/C(=O)Nc2sc3c(c2C#N)CCC(C)C3)cc(Br)c1OCc1ccccc1. The highest BCUT2D eigenvalue weighted by Crippen LogP contribution is 2.40. The molecule has 174 valence electrons. The average molecular weight is 537 g/mol. The van der Waals surface area contributed by atoms with Crippen LogP contribution in [0.1, 0.15) is 40.5 Å². The molecule has 0 saturated carbocycles. The first-order valence-electron chi connectivity index (χ1n) is 11.1. The van der Waals surface area contributed by atoms with Gasteiger partial charge in [-0.1, -0.05) is 37.3 Å². The fourth-order valence-electron chi connectivity index (χ4n) is 3.99. The van der Waals surface area contributed by atoms with Gasteiger partial charge in [0, 0.05) is 11.0 Å². The Labute approximate surface area is 212 Å². The molecule has 0 saturated heterocycles. The second kappa shape index (κ2) is 10.9. The van der Waals surface area contributed by atoms with E-state index in [1.54, 1.807) is 13.2 Å². The smallest absolute Gasteiger partial charge is 0.249 e. The predicted octanol–water partition coefficient (Wildman–Crippen LogP) is 6.75. The molecule has 1 aliphatic rings. The van der Waals surface area contributed by atoms with E-state index in [-0.39, 0.29) is 5.91 Å². The van der Waals surface area contributed by atoms with E-state index in [1.165, 1.54) is 22.3 Å². The van der Waals surface area contributed by atoms with Gasteiger partial charge in [-0.3, -0.25) is 4.79 Å². The Morgan fingerprint density at radius 3 is 2.85 bits per heavy atom. The van der Waals surface area contributed by atoms with Crippen LogP contribution >= 0.6 is 27.3 Å². The molecule has 0 bridgehead atoms. The Kier molecular flexibility index (Phi) is 7.71. The number of hydrogen-bond acceptors (Lipinski definition) is 5. The van der Waals surface area contributed by atoms with Crippen LogP contribution in [-0.2, 0) is 24.2 Å². The zero-order valence-electron chi connectivity index (χ0n) is 19.1. The monoisotopic (exact) mass is 536 g/mol. The van der Waals surface area contributed by atoms with E-state index in [0.717, 1.165) is 40.4 Å². The van der Waals surface area contributed by atoms with Crippen LogP contribution in [0.5, 0.6) is 11.5 Å². The van der Waals surface area contributed by atoms with Crippen molar-refractivity contribution in [2.45, 2.75) is 32.8 Å². The minimum atomic E-state index is -0.275. The fourth-order valence-corrected chi connectivity index (χ4v) is 5.93. The molecule has 2 aromatic carbocycles. The molecule has 0 aliphatic heterocycles. The lowest BCUT2D eigenvalue weighted by molar-refractivity contribution is -0.111. The molecular formula is C27H25BrN2O3S. The molecule has 3 aromatic rings. The first-order chi connectivity index (χ1) is 16.5. The van der Waals surface area contributed by atoms with Gasteiger partial charge in [0.05, 0.1) is 17.1 Å². The van der Waals surface area contributed by atoms with Gasteiger partial charge in [-0.05, 0) is 76.0 Å². The Morgan fingerprint density at radius 2 is 2.12 bits per heavy atom. The van der Waals surface area contributed by atoms with Crippen molar-refractivity contribution in [3.63, 3.8) is 0 Å². The number of hydrogen-bond donors (Lipinski definition) is 1. The number of carbonyl (C=O) groups is 1. The van der Waals surface area contributed by atoms with Crippen molar-refractivity contribution < 1.29 is 14.3 Å². The molecule has 0 radical (unpaired) electrons. The van der Waals surface area contributed by atoms with Crippen LogP contribution in [0.4, 0.5) is 5.00 Å². The van der Waals surface area contributed by atoms with Crippen molar-refractivity contribution >= 4 is 44.3 Å². The quantitative estimate of drug-likeness (QED) is 0.339. The van der Waals surface area contributed by atoms with Gasteiger partial charge in [0.2, 0.25) is 5.91 Å². The van der Waals surface area contributed by atoms with Crippen molar-refractivity contribution in [1.29, 1.82) is 5.26 Å². The maximum atomic E-state index is 12.6. The molecule has 1 aliphatic carbocycles. The fraction of sp³-hybridized carbons (Fsp3) is 0.259. The van der Waals surface area contributed by atoms with Crippen LogP contribution in [0.25, 0.3) is 6.08 Å². The maximum absolute atomic E-state index is 12.6. The number of nitrogens with zero attached hydrogens (tertiary/aromatic N) is 1. The number of amides is 1. The van der Waals surface area contributed by atoms with Crippen LogP contribution in [0, 0.1) is 17.2 Å². The summed E-state index contributed by atoms with van der Waals surface area (Å²) >= 11 is 5.08. The summed E-state index contributed by atoms with van der Waals surface area (Å²) in [6.45, 7) is 2.64. The number of nitrogens with one attached hydrogen (secondary N) is 1. The van der Waals surface area contributed by atoms with Crippen molar-refractivity contribution in [3.05, 3.63) is 80.1 Å². The number of fused-ring (bicyclic) bond motifs is 1. The van der Waals surface area contributed by atoms with E-state index < -0.39 is 0 Å². The molecule has 34 heavy (non-hydrogen) atoms. The molecular weight excluding hydrogens is 512 g/mol. The number of ether oxygens (including phenoxy) is 2. The van der Waals surface area contributed by atoms with Crippen molar-refractivity contribution in [1.82, 2.24) is 0 Å². The summed E-state index contributed by atoms with van der Waals surface area (Å²) in [5.74, 6) is 1.50. The molecule has 1 unspecified atom stereocenters. The molecule has 4 rings (SSSR count). The second-order valence-corrected chi connectivity index (χ2v) is 10.3. The van der Waals surface area contributed by atoms with E-state index >= 15 is 0 Å². The molecule has 0 spiro atoms. The van der Waals surface area contributed by atoms with Gasteiger partial charge < -0.3 is 14.8 Å². The largest absolute Gasteiger partial charge is 0.493 e. The predicted molar refractivity (Wildman–Crippen MR) is 139 cm³/mol. The summed E-state index contributed by atoms with van der Waals surface area (Å²) in [5.41, 5.74) is 3.55. The van der Waals surface area contributed by atoms with Gasteiger partial charge in [0.25, 0.3) is 0 Å². The first-order valence-corrected chi connectivity index (χ1v) is 12.7. The summed E-state index contributed by atoms with van der Waals surface area (Å²) in [7, 11) is 1.58. The van der Waals surface area contributed by atoms with Crippen molar-refractivity contribution in [2.75, 3.05) is 12.4 Å². The number of anilines is 1. The van der Waals surface area contributed by atoms with Crippen LogP contribution in [0.2, 0.25) is 0 Å². The lowest BCUT2D eigenvalue weighted by atomic mass is 9.89. The molecule has 1 aromatic heterocycles. The Balaban J connectivity index is 1.47. The third-order valence-electron chi connectivity index (χ3n) is 5.77. The van der Waals surface area contributed by atoms with Crippen LogP contribution in [-0.4, -0.2) is 13.0 Å². The van der Waals surface area contributed by atoms with Crippen molar-refractivity contribution in [2.24, 2.45) is 5.92 Å². The number of benzene rings is 2. The van der Waals surface area contributed by atoms with E-state index in [0.29, 0.717) is 34.6 Å². The van der Waals surface area contributed by atoms with E-state index in [1.807, 2.05) is 42.5 Å². The minimum Gasteiger partial charge on any atom is -0.493 e. The molecule has 7 heteroatoms. The lowest BCUT2D eigenvalue weighted by Crippen LogP contribution is -2.10. The summed E-state index contributed by atoms with van der Waals surface area (Å²) in [6.07, 6.45) is 6.12. The van der Waals surface area contributed by atoms with Gasteiger partial charge >= 0.3 is 0 Å². The number of nitriles is 1. The summed E-state index contributed by atoms with van der Waals surface area (Å²) in [5, 5.41) is 13.2. The zero-order chi connectivity index (χ0) is 24.1. The highest BCUT2D eigenvalue weighted by atomic mass is 79.9. The molecule has 1 amide bonds. The first kappa shape index (κ1) is 24.1. The normalized spacial score (nSPS) is 14.9. The standard InChI is InChI=1S/C27H25BrN2O3S/c1-17-8-10-20-21(15-29)27(34-24(20)12-17)30-25(31)11-9-19-13-22(28)26(23(14-19)32-2)33-16-18-6-4-3-5-7-18/h3-7,9,11,13-14,17H,8,10,12,16H2,1-2H3,(H,30,31)/b11-9+. The lowest BCUT2D eigenvalue weighted by Gasteiger charge is -2.17. The molecule has 1 atom stereocenters. The topological polar surface area (TPSA) is 71.3 Å². The van der Waals surface area contributed by atoms with Crippen LogP contribution in [0.15, 0.2) is 53.0 Å². The Bertz CT molecular complexity index is 1260. The highest BCUT2D eigenvalue weighted by Gasteiger charge is 2.24. The summed E-state index contributed by atoms with van der Waals surface area (Å²) < 4.78 is 12.2. The molecule has 5 nitrogen and oxygen atoms in total. The number of halogens is 1. The van der Waals surface area contributed by atoms with E-state index in [4.69, 9.17) is 9.47 Å². The third-order valence-corrected chi connectivity index (χ3v) is 7.52. The Hall–Kier alpha value is -3.08. The molecule has 1 N–H and O–H groups in total. The maximum Gasteiger partial charge on any atom is 0.249 e. The Morgan fingerprint density at radius 1 is 1.32 bits per heavy atom. The number of methoxy groups -OCH3 is 1. The van der Waals surface area contributed by atoms with Crippen molar-refractivity contribution in [3.8, 4) is 17.6 Å². The van der Waals surface area contributed by atoms with Crippen LogP contribution in [0.3, 0.4) is 0 Å².